The van der Waals surface area contributed by atoms with Crippen LogP contribution in [0.15, 0.2) is 91.0 Å². The number of rotatable bonds is 10. The van der Waals surface area contributed by atoms with Crippen molar-refractivity contribution in [3.8, 4) is 17.2 Å². The Morgan fingerprint density at radius 3 is 2.49 bits per heavy atom. The van der Waals surface area contributed by atoms with Gasteiger partial charge in [-0.3, -0.25) is 9.59 Å². The van der Waals surface area contributed by atoms with E-state index in [1.165, 1.54) is 0 Å². The molecule has 0 spiro atoms. The minimum atomic E-state index is -1.03. The van der Waals surface area contributed by atoms with Crippen LogP contribution in [-0.2, 0) is 27.4 Å². The zero-order valence-electron chi connectivity index (χ0n) is 25.9. The summed E-state index contributed by atoms with van der Waals surface area (Å²) in [4.78, 5) is 32.6. The molecule has 1 N–H and O–H groups in total. The van der Waals surface area contributed by atoms with E-state index in [4.69, 9.17) is 18.9 Å². The van der Waals surface area contributed by atoms with Crippen LogP contribution in [0.1, 0.15) is 17.2 Å². The van der Waals surface area contributed by atoms with Crippen molar-refractivity contribution in [2.24, 2.45) is 0 Å². The third-order valence-electron chi connectivity index (χ3n) is 8.32. The Labute approximate surface area is 271 Å². The monoisotopic (exact) mass is 634 g/mol. The second kappa shape index (κ2) is 13.4. The summed E-state index contributed by atoms with van der Waals surface area (Å²) in [5.41, 5.74) is 4.44. The van der Waals surface area contributed by atoms with Gasteiger partial charge in [0.2, 0.25) is 12.7 Å². The van der Waals surface area contributed by atoms with E-state index in [1.54, 1.807) is 34.9 Å². The van der Waals surface area contributed by atoms with Crippen LogP contribution in [0.2, 0.25) is 0 Å². The van der Waals surface area contributed by atoms with Crippen molar-refractivity contribution in [2.45, 2.75) is 19.1 Å². The Morgan fingerprint density at radius 1 is 0.936 bits per heavy atom. The van der Waals surface area contributed by atoms with E-state index < -0.39 is 6.04 Å². The molecule has 47 heavy (non-hydrogen) atoms. The number of methoxy groups -OCH3 is 1. The molecule has 4 aromatic carbocycles. The number of hydrogen-bond acceptors (Lipinski definition) is 9. The van der Waals surface area contributed by atoms with Crippen molar-refractivity contribution in [2.75, 3.05) is 50.4 Å². The van der Waals surface area contributed by atoms with Gasteiger partial charge in [-0.2, -0.15) is 0 Å². The van der Waals surface area contributed by atoms with Gasteiger partial charge in [-0.25, -0.2) is 4.68 Å². The number of amides is 2. The summed E-state index contributed by atoms with van der Waals surface area (Å²) in [7, 11) is 1.60. The van der Waals surface area contributed by atoms with Crippen LogP contribution in [-0.4, -0.2) is 71.9 Å². The summed E-state index contributed by atoms with van der Waals surface area (Å²) < 4.78 is 23.6. The zero-order chi connectivity index (χ0) is 32.2. The van der Waals surface area contributed by atoms with Gasteiger partial charge in [0.1, 0.15) is 23.9 Å². The lowest BCUT2D eigenvalue weighted by molar-refractivity contribution is -0.140. The summed E-state index contributed by atoms with van der Waals surface area (Å²) >= 11 is 0. The Kier molecular flexibility index (Phi) is 8.56. The van der Waals surface area contributed by atoms with Gasteiger partial charge in [-0.15, -0.1) is 5.10 Å². The number of para-hydroxylation sites is 1. The van der Waals surface area contributed by atoms with Crippen molar-refractivity contribution >= 4 is 34.2 Å². The lowest BCUT2D eigenvalue weighted by atomic mass is 10.0. The summed E-state index contributed by atoms with van der Waals surface area (Å²) in [5.74, 6) is 1.07. The summed E-state index contributed by atoms with van der Waals surface area (Å²) in [6.07, 6.45) is 0. The average molecular weight is 635 g/mol. The van der Waals surface area contributed by atoms with Crippen molar-refractivity contribution in [1.82, 2.24) is 19.9 Å². The predicted molar refractivity (Wildman–Crippen MR) is 174 cm³/mol. The number of aromatic nitrogens is 3. The van der Waals surface area contributed by atoms with Crippen LogP contribution in [0.4, 0.5) is 11.4 Å². The average Bonchev–Trinajstić information content (AvgIpc) is 3.76. The number of morpholine rings is 1. The number of nitrogens with one attached hydrogen (secondary N) is 1. The SMILES string of the molecule is COc1ccc(CN(C(=O)Cn2nnc3ccccc32)C(C(=O)Nc2ccc(N3CCOCC3)cc2)c2ccc3c(c2)OCO3)cc1. The van der Waals surface area contributed by atoms with Crippen molar-refractivity contribution in [3.63, 3.8) is 0 Å². The molecule has 240 valence electrons. The minimum Gasteiger partial charge on any atom is -0.497 e. The smallest absolute Gasteiger partial charge is 0.251 e. The molecule has 3 heterocycles. The van der Waals surface area contributed by atoms with E-state index >= 15 is 0 Å². The molecule has 0 bridgehead atoms. The number of carbonyl (C=O) groups excluding carboxylic acids is 2. The summed E-state index contributed by atoms with van der Waals surface area (Å²) in [6, 6.07) is 26.8. The van der Waals surface area contributed by atoms with Crippen LogP contribution in [0.25, 0.3) is 11.0 Å². The maximum absolute atomic E-state index is 14.4. The first-order valence-corrected chi connectivity index (χ1v) is 15.4. The van der Waals surface area contributed by atoms with Crippen LogP contribution >= 0.6 is 0 Å². The van der Waals surface area contributed by atoms with Gasteiger partial charge in [0.05, 0.1) is 25.8 Å². The van der Waals surface area contributed by atoms with Crippen LogP contribution < -0.4 is 24.4 Å². The fourth-order valence-corrected chi connectivity index (χ4v) is 5.85. The number of fused-ring (bicyclic) bond motifs is 2. The molecule has 12 heteroatoms. The van der Waals surface area contributed by atoms with Gasteiger partial charge in [-0.05, 0) is 71.8 Å². The Morgan fingerprint density at radius 2 is 1.70 bits per heavy atom. The normalized spacial score (nSPS) is 14.5. The molecular weight excluding hydrogens is 600 g/mol. The molecule has 1 unspecified atom stereocenters. The maximum atomic E-state index is 14.4. The summed E-state index contributed by atoms with van der Waals surface area (Å²) in [6.45, 7) is 3.06. The van der Waals surface area contributed by atoms with Gasteiger partial charge < -0.3 is 34.1 Å². The molecule has 0 aliphatic carbocycles. The third-order valence-corrected chi connectivity index (χ3v) is 8.32. The molecule has 2 amide bonds. The van der Waals surface area contributed by atoms with E-state index in [2.05, 4.69) is 20.5 Å². The van der Waals surface area contributed by atoms with Crippen LogP contribution in [0.5, 0.6) is 17.2 Å². The highest BCUT2D eigenvalue weighted by Crippen LogP contribution is 2.37. The minimum absolute atomic E-state index is 0.0823. The third kappa shape index (κ3) is 6.54. The first kappa shape index (κ1) is 30.1. The van der Waals surface area contributed by atoms with E-state index in [-0.39, 0.29) is 31.7 Å². The van der Waals surface area contributed by atoms with Gasteiger partial charge >= 0.3 is 0 Å². The van der Waals surface area contributed by atoms with Crippen LogP contribution in [0.3, 0.4) is 0 Å². The summed E-state index contributed by atoms with van der Waals surface area (Å²) in [5, 5.41) is 11.5. The van der Waals surface area contributed by atoms with E-state index in [0.717, 1.165) is 29.9 Å². The fourth-order valence-electron chi connectivity index (χ4n) is 5.85. The molecule has 0 saturated carbocycles. The number of hydrogen-bond donors (Lipinski definition) is 1. The van der Waals surface area contributed by atoms with Crippen LogP contribution in [0, 0.1) is 0 Å². The highest BCUT2D eigenvalue weighted by Gasteiger charge is 2.33. The van der Waals surface area contributed by atoms with Gasteiger partial charge in [0, 0.05) is 31.0 Å². The standard InChI is InChI=1S/C35H34N6O6/c1-44-28-13-6-24(7-14-28)21-40(33(42)22-41-30-5-3-2-4-29(30)37-38-41)34(25-8-15-31-32(20-25)47-23-46-31)35(43)36-26-9-11-27(12-10-26)39-16-18-45-19-17-39/h2-15,20,34H,16-19,21-23H2,1H3,(H,36,43). The largest absolute Gasteiger partial charge is 0.497 e. The van der Waals surface area contributed by atoms with Crippen molar-refractivity contribution < 1.29 is 28.5 Å². The maximum Gasteiger partial charge on any atom is 0.251 e. The topological polar surface area (TPSA) is 120 Å². The Hall–Kier alpha value is -5.62. The van der Waals surface area contributed by atoms with Crippen molar-refractivity contribution in [3.05, 3.63) is 102 Å². The zero-order valence-corrected chi connectivity index (χ0v) is 25.9. The van der Waals surface area contributed by atoms with Crippen molar-refractivity contribution in [1.29, 1.82) is 0 Å². The van der Waals surface area contributed by atoms with E-state index in [9.17, 15) is 9.59 Å². The molecule has 2 aliphatic rings. The quantitative estimate of drug-likeness (QED) is 0.238. The second-order valence-electron chi connectivity index (χ2n) is 11.3. The molecule has 1 aromatic heterocycles. The molecule has 1 atom stereocenters. The molecular formula is C35H34N6O6. The van der Waals surface area contributed by atoms with E-state index in [0.29, 0.717) is 47.2 Å². The lowest BCUT2D eigenvalue weighted by Crippen LogP contribution is -2.42. The molecule has 1 fully saturated rings. The number of anilines is 2. The molecule has 7 rings (SSSR count). The first-order chi connectivity index (χ1) is 23.1. The highest BCUT2D eigenvalue weighted by molar-refractivity contribution is 5.98. The number of carbonyl (C=O) groups is 2. The first-order valence-electron chi connectivity index (χ1n) is 15.4. The Balaban J connectivity index is 1.24. The van der Waals surface area contributed by atoms with Gasteiger partial charge in [0.15, 0.2) is 11.5 Å². The predicted octanol–water partition coefficient (Wildman–Crippen LogP) is 4.41. The molecule has 1 saturated heterocycles. The Bertz CT molecular complexity index is 1870. The van der Waals surface area contributed by atoms with E-state index in [1.807, 2.05) is 72.8 Å². The fraction of sp³-hybridized carbons (Fsp3) is 0.257. The highest BCUT2D eigenvalue weighted by atomic mass is 16.7. The second-order valence-corrected chi connectivity index (χ2v) is 11.3. The van der Waals surface area contributed by atoms with Gasteiger partial charge in [-0.1, -0.05) is 35.5 Å². The lowest BCUT2D eigenvalue weighted by Gasteiger charge is -2.32. The van der Waals surface area contributed by atoms with Gasteiger partial charge in [0.25, 0.3) is 5.91 Å². The molecule has 0 radical (unpaired) electrons. The number of ether oxygens (including phenoxy) is 4. The number of benzene rings is 4. The molecule has 2 aliphatic heterocycles. The number of nitrogens with zero attached hydrogens (tertiary/aromatic N) is 5. The molecule has 12 nitrogen and oxygen atoms in total. The molecule has 5 aromatic rings.